The molecule has 1 aliphatic rings. The lowest BCUT2D eigenvalue weighted by Gasteiger charge is -2.09. The predicted octanol–water partition coefficient (Wildman–Crippen LogP) is 2.92. The van der Waals surface area contributed by atoms with E-state index in [4.69, 9.17) is 20.8 Å². The van der Waals surface area contributed by atoms with Crippen molar-refractivity contribution < 1.29 is 33.4 Å². The molecule has 1 aromatic carbocycles. The zero-order chi connectivity index (χ0) is 21.1. The van der Waals surface area contributed by atoms with Gasteiger partial charge in [-0.05, 0) is 42.8 Å². The van der Waals surface area contributed by atoms with E-state index in [0.717, 1.165) is 4.90 Å². The number of aromatic hydroxyl groups is 1. The van der Waals surface area contributed by atoms with Crippen molar-refractivity contribution in [2.24, 2.45) is 0 Å². The minimum absolute atomic E-state index is 0.0129. The molecule has 10 heteroatoms. The molecule has 9 nitrogen and oxygen atoms in total. The highest BCUT2D eigenvalue weighted by atomic mass is 35.5. The minimum atomic E-state index is -0.664. The maximum atomic E-state index is 12.6. The molecule has 0 aliphatic carbocycles. The van der Waals surface area contributed by atoms with Crippen LogP contribution in [0.3, 0.4) is 0 Å². The summed E-state index contributed by atoms with van der Waals surface area (Å²) in [5.74, 6) is -1.10. The molecule has 0 atom stereocenters. The Labute approximate surface area is 170 Å². The van der Waals surface area contributed by atoms with E-state index in [1.165, 1.54) is 37.5 Å². The van der Waals surface area contributed by atoms with Crippen LogP contribution in [-0.2, 0) is 16.1 Å². The number of hydrogen-bond acceptors (Lipinski definition) is 7. The average Bonchev–Trinajstić information content (AvgIpc) is 3.26. The fourth-order valence-corrected chi connectivity index (χ4v) is 2.87. The van der Waals surface area contributed by atoms with Crippen molar-refractivity contribution in [1.82, 2.24) is 10.2 Å². The van der Waals surface area contributed by atoms with Gasteiger partial charge in [0.15, 0.2) is 11.5 Å². The number of phenolic OH excluding ortho intramolecular Hbond substituents is 1. The summed E-state index contributed by atoms with van der Waals surface area (Å²) in [4.78, 5) is 37.2. The third kappa shape index (κ3) is 4.19. The number of hydrogen-bond donors (Lipinski definition) is 2. The van der Waals surface area contributed by atoms with Crippen molar-refractivity contribution in [3.05, 3.63) is 52.1 Å². The van der Waals surface area contributed by atoms with Crippen LogP contribution in [0.15, 0.2) is 34.4 Å². The van der Waals surface area contributed by atoms with Gasteiger partial charge in [-0.3, -0.25) is 9.69 Å². The smallest absolute Gasteiger partial charge is 0.373 e. The molecule has 0 spiro atoms. The van der Waals surface area contributed by atoms with Crippen molar-refractivity contribution >= 4 is 35.6 Å². The first-order valence-corrected chi connectivity index (χ1v) is 8.88. The summed E-state index contributed by atoms with van der Waals surface area (Å²) in [6.45, 7) is 1.89. The van der Waals surface area contributed by atoms with Gasteiger partial charge in [0.2, 0.25) is 5.76 Å². The molecule has 0 radical (unpaired) electrons. The number of carbonyl (C=O) groups is 3. The Kier molecular flexibility index (Phi) is 5.79. The third-order valence-electron chi connectivity index (χ3n) is 3.99. The molecule has 0 saturated carbocycles. The summed E-state index contributed by atoms with van der Waals surface area (Å²) in [6.07, 6.45) is 1.41. The van der Waals surface area contributed by atoms with E-state index in [9.17, 15) is 19.5 Å². The fraction of sp³-hybridized carbons (Fsp3) is 0.211. The molecule has 3 rings (SSSR count). The lowest BCUT2D eigenvalue weighted by atomic mass is 10.1. The number of esters is 1. The van der Waals surface area contributed by atoms with Crippen molar-refractivity contribution in [1.29, 1.82) is 0 Å². The van der Waals surface area contributed by atoms with E-state index in [0.29, 0.717) is 12.2 Å². The van der Waals surface area contributed by atoms with Crippen LogP contribution in [-0.4, -0.2) is 41.6 Å². The van der Waals surface area contributed by atoms with Crippen molar-refractivity contribution in [3.8, 4) is 11.5 Å². The summed E-state index contributed by atoms with van der Waals surface area (Å²) in [7, 11) is 1.21. The van der Waals surface area contributed by atoms with Crippen LogP contribution in [0.2, 0.25) is 5.02 Å². The maximum Gasteiger partial charge on any atom is 0.373 e. The van der Waals surface area contributed by atoms with E-state index in [-0.39, 0.29) is 40.3 Å². The number of halogens is 1. The van der Waals surface area contributed by atoms with Gasteiger partial charge in [0, 0.05) is 0 Å². The highest BCUT2D eigenvalue weighted by Gasteiger charge is 2.34. The van der Waals surface area contributed by atoms with E-state index in [1.807, 2.05) is 0 Å². The lowest BCUT2D eigenvalue weighted by molar-refractivity contribution is -0.123. The first-order chi connectivity index (χ1) is 13.8. The van der Waals surface area contributed by atoms with Crippen LogP contribution >= 0.6 is 11.6 Å². The quantitative estimate of drug-likeness (QED) is 0.419. The second-order valence-corrected chi connectivity index (χ2v) is 6.33. The molecule has 0 bridgehead atoms. The van der Waals surface area contributed by atoms with E-state index >= 15 is 0 Å². The number of nitrogens with one attached hydrogen (secondary N) is 1. The van der Waals surface area contributed by atoms with Gasteiger partial charge in [-0.1, -0.05) is 11.6 Å². The Morgan fingerprint density at radius 2 is 2.10 bits per heavy atom. The van der Waals surface area contributed by atoms with Gasteiger partial charge in [0.25, 0.3) is 5.91 Å². The molecule has 1 fully saturated rings. The van der Waals surface area contributed by atoms with Crippen molar-refractivity contribution in [2.45, 2.75) is 13.5 Å². The zero-order valence-electron chi connectivity index (χ0n) is 15.5. The summed E-state index contributed by atoms with van der Waals surface area (Å²) < 4.78 is 15.1. The number of imide groups is 1. The first kappa shape index (κ1) is 20.3. The first-order valence-electron chi connectivity index (χ1n) is 8.51. The van der Waals surface area contributed by atoms with Crippen LogP contribution in [0.5, 0.6) is 11.5 Å². The topological polar surface area (TPSA) is 118 Å². The fourth-order valence-electron chi connectivity index (χ4n) is 2.65. The Morgan fingerprint density at radius 3 is 2.79 bits per heavy atom. The van der Waals surface area contributed by atoms with E-state index < -0.39 is 17.9 Å². The summed E-state index contributed by atoms with van der Waals surface area (Å²) in [5, 5.41) is 12.4. The largest absolute Gasteiger partial charge is 0.503 e. The lowest BCUT2D eigenvalue weighted by Crippen LogP contribution is -2.30. The van der Waals surface area contributed by atoms with Crippen molar-refractivity contribution in [2.75, 3.05) is 13.7 Å². The molecule has 1 aliphatic heterocycles. The Balaban J connectivity index is 1.81. The summed E-state index contributed by atoms with van der Waals surface area (Å²) in [5.41, 5.74) is 0.465. The van der Waals surface area contributed by atoms with Crippen LogP contribution in [0.4, 0.5) is 4.79 Å². The van der Waals surface area contributed by atoms with Crippen LogP contribution in [0.25, 0.3) is 6.08 Å². The summed E-state index contributed by atoms with van der Waals surface area (Å²) >= 11 is 5.99. The minimum Gasteiger partial charge on any atom is -0.503 e. The second-order valence-electron chi connectivity index (χ2n) is 5.92. The number of benzene rings is 1. The van der Waals surface area contributed by atoms with Gasteiger partial charge in [0.1, 0.15) is 11.5 Å². The number of carbonyl (C=O) groups excluding carboxylic acids is 3. The number of rotatable bonds is 6. The molecule has 2 N–H and O–H groups in total. The monoisotopic (exact) mass is 420 g/mol. The van der Waals surface area contributed by atoms with Gasteiger partial charge >= 0.3 is 12.0 Å². The van der Waals surface area contributed by atoms with Gasteiger partial charge in [0.05, 0.1) is 25.3 Å². The predicted molar refractivity (Wildman–Crippen MR) is 101 cm³/mol. The molecule has 1 saturated heterocycles. The Morgan fingerprint density at radius 1 is 1.34 bits per heavy atom. The van der Waals surface area contributed by atoms with Gasteiger partial charge < -0.3 is 24.3 Å². The SMILES string of the molecule is CCOc1cc(C=C2NC(=O)N(Cc3ccc(C(=O)OC)o3)C2=O)cc(Cl)c1O. The standard InChI is InChI=1S/C19H17ClN2O7/c1-3-28-15-8-10(6-12(20)16(15)23)7-13-17(24)22(19(26)21-13)9-11-4-5-14(29-11)18(25)27-2/h4-8,23H,3,9H2,1-2H3,(H,21,26). The normalized spacial score (nSPS) is 15.0. The van der Waals surface area contributed by atoms with Crippen LogP contribution in [0.1, 0.15) is 28.8 Å². The Bertz CT molecular complexity index is 1010. The molecule has 2 heterocycles. The molecule has 3 amide bonds. The molecule has 1 aromatic heterocycles. The highest BCUT2D eigenvalue weighted by molar-refractivity contribution is 6.32. The number of urea groups is 1. The van der Waals surface area contributed by atoms with E-state index in [2.05, 4.69) is 10.1 Å². The second kappa shape index (κ2) is 8.27. The number of nitrogens with zero attached hydrogens (tertiary/aromatic N) is 1. The molecular formula is C19H17ClN2O7. The number of furan rings is 1. The van der Waals surface area contributed by atoms with Crippen molar-refractivity contribution in [3.63, 3.8) is 0 Å². The van der Waals surface area contributed by atoms with Crippen LogP contribution in [0, 0.1) is 0 Å². The summed E-state index contributed by atoms with van der Waals surface area (Å²) in [6, 6.07) is 5.15. The van der Waals surface area contributed by atoms with Crippen LogP contribution < -0.4 is 10.1 Å². The van der Waals surface area contributed by atoms with Gasteiger partial charge in [-0.15, -0.1) is 0 Å². The third-order valence-corrected chi connectivity index (χ3v) is 4.27. The maximum absolute atomic E-state index is 12.6. The number of methoxy groups -OCH3 is 1. The molecule has 152 valence electrons. The number of amides is 3. The highest BCUT2D eigenvalue weighted by Crippen LogP contribution is 2.36. The number of phenols is 1. The van der Waals surface area contributed by atoms with Gasteiger partial charge in [-0.2, -0.15) is 0 Å². The Hall–Kier alpha value is -3.46. The molecule has 2 aromatic rings. The van der Waals surface area contributed by atoms with Gasteiger partial charge in [-0.25, -0.2) is 9.59 Å². The zero-order valence-corrected chi connectivity index (χ0v) is 16.3. The molecule has 0 unspecified atom stereocenters. The van der Waals surface area contributed by atoms with E-state index in [1.54, 1.807) is 6.92 Å². The number of ether oxygens (including phenoxy) is 2. The molecule has 29 heavy (non-hydrogen) atoms. The average molecular weight is 421 g/mol. The molecular weight excluding hydrogens is 404 g/mol.